The molecule has 0 bridgehead atoms. The summed E-state index contributed by atoms with van der Waals surface area (Å²) in [5.74, 6) is -4.51. The monoisotopic (exact) mass is 533 g/mol. The number of hydrogen-bond acceptors (Lipinski definition) is 12. The van der Waals surface area contributed by atoms with Gasteiger partial charge in [0.1, 0.15) is 23.7 Å². The van der Waals surface area contributed by atoms with Crippen molar-refractivity contribution in [3.63, 3.8) is 0 Å². The van der Waals surface area contributed by atoms with Crippen LogP contribution >= 0.6 is 22.9 Å². The van der Waals surface area contributed by atoms with E-state index in [0.29, 0.717) is 0 Å². The minimum atomic E-state index is -5.33. The number of hydrogen-bond donors (Lipinski definition) is 2. The first-order chi connectivity index (χ1) is 14.9. The molecule has 0 radical (unpaired) electrons. The molecule has 2 atom stereocenters. The number of methoxy groups -OCH3 is 1. The van der Waals surface area contributed by atoms with E-state index < -0.39 is 57.9 Å². The largest absolute Gasteiger partial charge is 1.00 e. The van der Waals surface area contributed by atoms with Crippen molar-refractivity contribution >= 4 is 67.8 Å². The molecule has 14 nitrogen and oxygen atoms in total. The Labute approximate surface area is 219 Å². The second kappa shape index (κ2) is 12.0. The van der Waals surface area contributed by atoms with Gasteiger partial charge < -0.3 is 24.8 Å². The van der Waals surface area contributed by atoms with Gasteiger partial charge in [-0.2, -0.15) is 0 Å². The van der Waals surface area contributed by atoms with Crippen molar-refractivity contribution in [2.45, 2.75) is 32.0 Å². The fraction of sp³-hybridized carbons (Fsp3) is 0.467. The van der Waals surface area contributed by atoms with Gasteiger partial charge in [0.2, 0.25) is 5.91 Å². The Kier molecular flexibility index (Phi) is 10.7. The summed E-state index contributed by atoms with van der Waals surface area (Å²) in [6.45, 7) is 3.23. The number of esters is 1. The summed E-state index contributed by atoms with van der Waals surface area (Å²) in [5.41, 5.74) is -0.506. The fourth-order valence-electron chi connectivity index (χ4n) is 2.37. The summed E-state index contributed by atoms with van der Waals surface area (Å²) in [5, 5.41) is 9.63. The van der Waals surface area contributed by atoms with Crippen LogP contribution in [0.3, 0.4) is 0 Å². The molecule has 0 aliphatic carbocycles. The minimum absolute atomic E-state index is 0. The minimum Gasteiger partial charge on any atom is -0.731 e. The number of halogens is 1. The van der Waals surface area contributed by atoms with Gasteiger partial charge in [0.05, 0.1) is 7.11 Å². The Hall–Kier alpha value is -1.82. The number of β-lactam (4-membered cyclic amide) rings is 1. The van der Waals surface area contributed by atoms with Crippen molar-refractivity contribution < 1.29 is 71.3 Å². The molecular weight excluding hydrogens is 517 g/mol. The summed E-state index contributed by atoms with van der Waals surface area (Å²) < 4.78 is 38.0. The number of carbonyl (C=O) groups excluding carboxylic acids is 4. The van der Waals surface area contributed by atoms with Gasteiger partial charge in [-0.25, -0.2) is 22.5 Å². The number of oxime groups is 1. The maximum absolute atomic E-state index is 12.8. The van der Waals surface area contributed by atoms with Crippen LogP contribution in [0.2, 0.25) is 0 Å². The summed E-state index contributed by atoms with van der Waals surface area (Å²) in [6.07, 6.45) is -0.457. The number of nitrogens with one attached hydrogen (secondary N) is 2. The standard InChI is InChI=1S/C15H18ClN5O9S2.Na/c1-6(2)30-20-9(7-5-31-15(17-7)18-8(22)4-16)12(23)19-10-11(14(25)29-3)21(13(10)24)32(26,27)28;/h5-6,10-11H,4H2,1-3H3,(H,19,23)(H,17,18,22)(H,26,27,28);/q;+1/p-1/b20-9+;/t10-,11-;/m1./s1. The predicted molar refractivity (Wildman–Crippen MR) is 108 cm³/mol. The molecule has 1 fully saturated rings. The Morgan fingerprint density at radius 1 is 1.39 bits per heavy atom. The summed E-state index contributed by atoms with van der Waals surface area (Å²) in [7, 11) is -4.42. The van der Waals surface area contributed by atoms with Crippen molar-refractivity contribution in [1.82, 2.24) is 14.6 Å². The first-order valence-corrected chi connectivity index (χ1v) is 11.4. The van der Waals surface area contributed by atoms with Crippen LogP contribution in [0.1, 0.15) is 19.5 Å². The van der Waals surface area contributed by atoms with E-state index in [-0.39, 0.29) is 50.6 Å². The number of aromatic nitrogens is 1. The van der Waals surface area contributed by atoms with Gasteiger partial charge in [0, 0.05) is 5.38 Å². The maximum Gasteiger partial charge on any atom is 1.00 e. The maximum atomic E-state index is 12.8. The molecule has 2 rings (SSSR count). The molecule has 0 aromatic carbocycles. The summed E-state index contributed by atoms with van der Waals surface area (Å²) in [4.78, 5) is 57.3. The quantitative estimate of drug-likeness (QED) is 0.0596. The molecule has 176 valence electrons. The van der Waals surface area contributed by atoms with Crippen LogP contribution in [0.5, 0.6) is 0 Å². The Bertz CT molecular complexity index is 1060. The van der Waals surface area contributed by atoms with Crippen LogP contribution in [0.25, 0.3) is 0 Å². The molecule has 1 aromatic rings. The van der Waals surface area contributed by atoms with E-state index in [1.54, 1.807) is 13.8 Å². The van der Waals surface area contributed by atoms with Crippen molar-refractivity contribution in [2.75, 3.05) is 18.3 Å². The van der Waals surface area contributed by atoms with Gasteiger partial charge in [0.15, 0.2) is 27.2 Å². The zero-order valence-electron chi connectivity index (χ0n) is 17.7. The van der Waals surface area contributed by atoms with Crippen LogP contribution in [0, 0.1) is 0 Å². The molecule has 1 aliphatic heterocycles. The number of nitrogens with zero attached hydrogens (tertiary/aromatic N) is 3. The molecule has 1 saturated heterocycles. The zero-order valence-corrected chi connectivity index (χ0v) is 22.1. The van der Waals surface area contributed by atoms with Crippen LogP contribution in [-0.4, -0.2) is 82.8 Å². The Morgan fingerprint density at radius 2 is 2.03 bits per heavy atom. The Balaban J connectivity index is 0.00000544. The normalized spacial score (nSPS) is 18.2. The third kappa shape index (κ3) is 7.08. The number of rotatable bonds is 9. The first-order valence-electron chi connectivity index (χ1n) is 8.64. The van der Waals surface area contributed by atoms with Crippen molar-refractivity contribution in [2.24, 2.45) is 5.16 Å². The van der Waals surface area contributed by atoms with Gasteiger partial charge in [-0.1, -0.05) is 5.16 Å². The van der Waals surface area contributed by atoms with Crippen LogP contribution in [0.15, 0.2) is 10.5 Å². The summed E-state index contributed by atoms with van der Waals surface area (Å²) >= 11 is 6.35. The van der Waals surface area contributed by atoms with Gasteiger partial charge in [0.25, 0.3) is 11.8 Å². The van der Waals surface area contributed by atoms with E-state index in [1.165, 1.54) is 5.38 Å². The molecule has 1 aliphatic rings. The van der Waals surface area contributed by atoms with Gasteiger partial charge in [-0.05, 0) is 13.8 Å². The molecule has 2 heterocycles. The third-order valence-electron chi connectivity index (χ3n) is 3.71. The summed E-state index contributed by atoms with van der Waals surface area (Å²) in [6, 6.07) is -3.60. The van der Waals surface area contributed by atoms with Gasteiger partial charge in [-0.15, -0.1) is 22.9 Å². The topological polar surface area (TPSA) is 196 Å². The van der Waals surface area contributed by atoms with Crippen molar-refractivity contribution in [3.8, 4) is 0 Å². The number of carbonyl (C=O) groups is 4. The number of alkyl halides is 1. The zero-order chi connectivity index (χ0) is 24.2. The van der Waals surface area contributed by atoms with E-state index in [2.05, 4.69) is 25.5 Å². The number of ether oxygens (including phenoxy) is 1. The molecular formula is C15H17ClN5NaO9S2. The molecule has 3 amide bonds. The SMILES string of the molecule is COC(=O)[C@H]1[C@@H](NC(=O)/C(=N/OC(C)C)c2csc(NC(=O)CCl)n2)C(=O)N1S(=O)(=O)[O-].[Na+]. The average Bonchev–Trinajstić information content (AvgIpc) is 3.15. The van der Waals surface area contributed by atoms with Crippen LogP contribution in [-0.2, 0) is 39.1 Å². The number of anilines is 1. The second-order valence-electron chi connectivity index (χ2n) is 6.32. The molecule has 0 spiro atoms. The van der Waals surface area contributed by atoms with E-state index in [9.17, 15) is 32.1 Å². The number of amides is 3. The molecule has 2 N–H and O–H groups in total. The van der Waals surface area contributed by atoms with Crippen molar-refractivity contribution in [3.05, 3.63) is 11.1 Å². The molecule has 1 aromatic heterocycles. The molecule has 0 unspecified atom stereocenters. The second-order valence-corrected chi connectivity index (χ2v) is 8.70. The van der Waals surface area contributed by atoms with Crippen molar-refractivity contribution in [1.29, 1.82) is 0 Å². The van der Waals surface area contributed by atoms with Crippen LogP contribution < -0.4 is 40.2 Å². The molecule has 0 saturated carbocycles. The number of thiazole rings is 1. The van der Waals surface area contributed by atoms with Gasteiger partial charge in [-0.3, -0.25) is 14.4 Å². The van der Waals surface area contributed by atoms with E-state index >= 15 is 0 Å². The third-order valence-corrected chi connectivity index (χ3v) is 5.60. The average molecular weight is 534 g/mol. The van der Waals surface area contributed by atoms with E-state index in [1.807, 2.05) is 0 Å². The molecule has 33 heavy (non-hydrogen) atoms. The van der Waals surface area contributed by atoms with Crippen LogP contribution in [0.4, 0.5) is 5.13 Å². The smallest absolute Gasteiger partial charge is 0.731 e. The van der Waals surface area contributed by atoms with Gasteiger partial charge >= 0.3 is 35.5 Å². The Morgan fingerprint density at radius 3 is 2.55 bits per heavy atom. The van der Waals surface area contributed by atoms with E-state index in [0.717, 1.165) is 18.4 Å². The fourth-order valence-corrected chi connectivity index (χ4v) is 3.97. The molecule has 18 heteroatoms. The van der Waals surface area contributed by atoms with E-state index in [4.69, 9.17) is 16.4 Å². The predicted octanol–water partition coefficient (Wildman–Crippen LogP) is -4.22. The first kappa shape index (κ1) is 29.2.